The van der Waals surface area contributed by atoms with Gasteiger partial charge in [0.1, 0.15) is 36.1 Å². The van der Waals surface area contributed by atoms with Crippen molar-refractivity contribution in [3.05, 3.63) is 35.9 Å². The van der Waals surface area contributed by atoms with Gasteiger partial charge in [0.2, 0.25) is 5.91 Å². The Kier molecular flexibility index (Phi) is 7.38. The van der Waals surface area contributed by atoms with Crippen molar-refractivity contribution in [2.45, 2.75) is 72.6 Å². The Morgan fingerprint density at radius 2 is 1.88 bits per heavy atom. The number of benzene rings is 1. The molecular formula is C26H35N3O5. The van der Waals surface area contributed by atoms with Crippen molar-refractivity contribution in [2.75, 3.05) is 11.9 Å². The van der Waals surface area contributed by atoms with Crippen LogP contribution in [0.1, 0.15) is 60.5 Å². The summed E-state index contributed by atoms with van der Waals surface area (Å²) in [6.45, 7) is 13.8. The quantitative estimate of drug-likeness (QED) is 0.570. The number of nitrogens with one attached hydrogen (secondary N) is 2. The maximum atomic E-state index is 12.4. The van der Waals surface area contributed by atoms with Crippen LogP contribution in [-0.4, -0.2) is 34.7 Å². The molecule has 2 heterocycles. The highest BCUT2D eigenvalue weighted by Crippen LogP contribution is 2.39. The summed E-state index contributed by atoms with van der Waals surface area (Å²) in [6, 6.07) is 9.25. The third-order valence-corrected chi connectivity index (χ3v) is 5.09. The van der Waals surface area contributed by atoms with E-state index in [-0.39, 0.29) is 12.5 Å². The number of alkyl carbamates (subject to hydrolysis) is 1. The molecule has 2 aromatic rings. The second-order valence-electron chi connectivity index (χ2n) is 10.4. The first-order valence-corrected chi connectivity index (χ1v) is 11.5. The average Bonchev–Trinajstić information content (AvgIpc) is 2.69. The van der Waals surface area contributed by atoms with E-state index in [1.165, 1.54) is 6.92 Å². The van der Waals surface area contributed by atoms with Crippen LogP contribution in [0.25, 0.3) is 11.3 Å². The van der Waals surface area contributed by atoms with Gasteiger partial charge in [-0.25, -0.2) is 9.78 Å². The lowest BCUT2D eigenvalue weighted by molar-refractivity contribution is -0.114. The molecule has 8 nitrogen and oxygen atoms in total. The fraction of sp³-hybridized carbons (Fsp3) is 0.500. The maximum Gasteiger partial charge on any atom is 0.408 e. The van der Waals surface area contributed by atoms with E-state index in [2.05, 4.69) is 29.5 Å². The molecule has 2 amide bonds. The van der Waals surface area contributed by atoms with Gasteiger partial charge in [0, 0.05) is 24.1 Å². The van der Waals surface area contributed by atoms with Gasteiger partial charge in [-0.05, 0) is 64.3 Å². The predicted octanol–water partition coefficient (Wildman–Crippen LogP) is 5.31. The first kappa shape index (κ1) is 25.3. The van der Waals surface area contributed by atoms with E-state index in [9.17, 15) is 9.59 Å². The highest BCUT2D eigenvalue weighted by atomic mass is 16.6. The smallest absolute Gasteiger partial charge is 0.408 e. The van der Waals surface area contributed by atoms with Crippen LogP contribution >= 0.6 is 0 Å². The maximum absolute atomic E-state index is 12.4. The lowest BCUT2D eigenvalue weighted by atomic mass is 9.91. The molecule has 0 radical (unpaired) electrons. The molecule has 1 unspecified atom stereocenters. The van der Waals surface area contributed by atoms with Gasteiger partial charge in [0.05, 0.1) is 11.2 Å². The highest BCUT2D eigenvalue weighted by molar-refractivity contribution is 5.88. The number of ether oxygens (including phenoxy) is 3. The van der Waals surface area contributed by atoms with Crippen LogP contribution in [-0.2, 0) is 16.1 Å². The molecule has 0 aliphatic carbocycles. The van der Waals surface area contributed by atoms with E-state index in [0.717, 1.165) is 23.2 Å². The summed E-state index contributed by atoms with van der Waals surface area (Å²) >= 11 is 0. The van der Waals surface area contributed by atoms with Crippen LogP contribution in [0.15, 0.2) is 30.3 Å². The van der Waals surface area contributed by atoms with Crippen molar-refractivity contribution < 1.29 is 23.8 Å². The Labute approximate surface area is 201 Å². The number of rotatable bonds is 7. The van der Waals surface area contributed by atoms with Crippen LogP contribution in [0.3, 0.4) is 0 Å². The third kappa shape index (κ3) is 6.85. The zero-order chi connectivity index (χ0) is 25.1. The first-order valence-electron chi connectivity index (χ1n) is 11.5. The Bertz CT molecular complexity index is 1060. The zero-order valence-corrected chi connectivity index (χ0v) is 21.1. The molecule has 3 rings (SSSR count). The summed E-state index contributed by atoms with van der Waals surface area (Å²) in [6.07, 6.45) is 0.252. The van der Waals surface area contributed by atoms with Gasteiger partial charge in [-0.15, -0.1) is 0 Å². The Morgan fingerprint density at radius 3 is 2.53 bits per heavy atom. The minimum Gasteiger partial charge on any atom is -0.491 e. The minimum absolute atomic E-state index is 0.173. The van der Waals surface area contributed by atoms with Gasteiger partial charge >= 0.3 is 6.09 Å². The van der Waals surface area contributed by atoms with E-state index in [4.69, 9.17) is 14.2 Å². The Morgan fingerprint density at radius 1 is 1.15 bits per heavy atom. The highest BCUT2D eigenvalue weighted by Gasteiger charge is 2.31. The van der Waals surface area contributed by atoms with Crippen molar-refractivity contribution in [1.82, 2.24) is 10.3 Å². The lowest BCUT2D eigenvalue weighted by Gasteiger charge is -2.33. The van der Waals surface area contributed by atoms with Gasteiger partial charge in [-0.2, -0.15) is 0 Å². The summed E-state index contributed by atoms with van der Waals surface area (Å²) in [4.78, 5) is 28.4. The summed E-state index contributed by atoms with van der Waals surface area (Å²) < 4.78 is 17.5. The number of carbonyl (C=O) groups excluding carboxylic acids is 2. The van der Waals surface area contributed by atoms with Gasteiger partial charge in [-0.3, -0.25) is 4.79 Å². The largest absolute Gasteiger partial charge is 0.491 e. The van der Waals surface area contributed by atoms with Crippen LogP contribution in [0, 0.1) is 5.92 Å². The molecule has 0 fully saturated rings. The van der Waals surface area contributed by atoms with Crippen molar-refractivity contribution in [1.29, 1.82) is 0 Å². The second kappa shape index (κ2) is 9.91. The van der Waals surface area contributed by atoms with E-state index >= 15 is 0 Å². The van der Waals surface area contributed by atoms with E-state index in [0.29, 0.717) is 29.8 Å². The van der Waals surface area contributed by atoms with E-state index in [1.54, 1.807) is 6.07 Å². The summed E-state index contributed by atoms with van der Waals surface area (Å²) in [5.41, 5.74) is 1.35. The monoisotopic (exact) mass is 469 g/mol. The number of fused-ring (bicyclic) bond motifs is 3. The molecule has 0 saturated heterocycles. The van der Waals surface area contributed by atoms with E-state index < -0.39 is 17.2 Å². The topological polar surface area (TPSA) is 98.8 Å². The first-order chi connectivity index (χ1) is 15.8. The molecule has 8 heteroatoms. The molecule has 34 heavy (non-hydrogen) atoms. The van der Waals surface area contributed by atoms with Crippen molar-refractivity contribution in [2.24, 2.45) is 5.92 Å². The van der Waals surface area contributed by atoms with E-state index in [1.807, 2.05) is 52.0 Å². The Hall–Kier alpha value is -3.29. The molecule has 1 atom stereocenters. The number of amides is 2. The number of hydrogen-bond donors (Lipinski definition) is 2. The normalized spacial score (nSPS) is 14.2. The molecule has 0 spiro atoms. The molecular weight excluding hydrogens is 434 g/mol. The SMILES string of the molecule is CC(=O)Nc1ccc2c(n1)-c1ccc(OCC(C)(CC(C)C)NC(=O)OC(C)(C)C)cc1OC2. The third-order valence-electron chi connectivity index (χ3n) is 5.09. The molecule has 1 aromatic carbocycles. The summed E-state index contributed by atoms with van der Waals surface area (Å²) in [5.74, 6) is 1.95. The lowest BCUT2D eigenvalue weighted by Crippen LogP contribution is -2.52. The molecule has 0 saturated carbocycles. The zero-order valence-electron chi connectivity index (χ0n) is 21.1. The fourth-order valence-electron chi connectivity index (χ4n) is 3.99. The molecule has 1 aliphatic heterocycles. The molecule has 1 aliphatic rings. The molecule has 0 bridgehead atoms. The van der Waals surface area contributed by atoms with Crippen molar-refractivity contribution >= 4 is 17.8 Å². The van der Waals surface area contributed by atoms with Crippen molar-refractivity contribution in [3.8, 4) is 22.8 Å². The van der Waals surface area contributed by atoms with Crippen LogP contribution in [0.5, 0.6) is 11.5 Å². The number of nitrogens with zero attached hydrogens (tertiary/aromatic N) is 1. The minimum atomic E-state index is -0.616. The fourth-order valence-corrected chi connectivity index (χ4v) is 3.99. The van der Waals surface area contributed by atoms with Gasteiger partial charge in [0.25, 0.3) is 0 Å². The Balaban J connectivity index is 1.76. The number of hydrogen-bond acceptors (Lipinski definition) is 6. The van der Waals surface area contributed by atoms with Crippen LogP contribution < -0.4 is 20.1 Å². The number of carbonyl (C=O) groups is 2. The van der Waals surface area contributed by atoms with Crippen LogP contribution in [0.4, 0.5) is 10.6 Å². The van der Waals surface area contributed by atoms with Gasteiger partial charge in [0.15, 0.2) is 0 Å². The van der Waals surface area contributed by atoms with Crippen LogP contribution in [0.2, 0.25) is 0 Å². The van der Waals surface area contributed by atoms with Gasteiger partial charge < -0.3 is 24.8 Å². The standard InChI is InChI=1S/C26H35N3O5/c1-16(2)13-26(7,29-24(31)34-25(4,5)6)15-33-19-9-10-20-21(12-19)32-14-18-8-11-22(27-17(3)30)28-23(18)20/h8-12,16H,13-15H2,1-7H3,(H,29,31)(H,27,28,30). The summed E-state index contributed by atoms with van der Waals surface area (Å²) in [5, 5.41) is 5.71. The second-order valence-corrected chi connectivity index (χ2v) is 10.4. The number of anilines is 1. The average molecular weight is 470 g/mol. The summed E-state index contributed by atoms with van der Waals surface area (Å²) in [7, 11) is 0. The molecule has 1 aromatic heterocycles. The molecule has 184 valence electrons. The predicted molar refractivity (Wildman–Crippen MR) is 131 cm³/mol. The number of pyridine rings is 1. The number of aromatic nitrogens is 1. The van der Waals surface area contributed by atoms with Crippen molar-refractivity contribution in [3.63, 3.8) is 0 Å². The molecule has 2 N–H and O–H groups in total. The van der Waals surface area contributed by atoms with Gasteiger partial charge in [-0.1, -0.05) is 13.8 Å².